The standard InChI is InChI=1S/C42H51N7O4/c1-42(2,3)53-41(52)49-23-21-48(22-24-49)20-16-44-40(51)32-12-14-36-34(26-32)28-38(46-36)30-9-7-29(8-10-30)37-27-33-25-31(11-13-35(33)45-37)39(50)43-15-19-47-17-5-4-6-18-47/h7-14,25-26H,4-6,15-24,27-28H2,1-3H3,(H,43,50)(H,44,51). The van der Waals surface area contributed by atoms with Crippen LogP contribution in [0.15, 0.2) is 70.6 Å². The molecule has 4 heterocycles. The van der Waals surface area contributed by atoms with Crippen LogP contribution in [-0.2, 0) is 17.6 Å². The number of amides is 3. The maximum Gasteiger partial charge on any atom is 0.410 e. The van der Waals surface area contributed by atoms with Crippen molar-refractivity contribution in [3.63, 3.8) is 0 Å². The van der Waals surface area contributed by atoms with Crippen LogP contribution in [0.2, 0.25) is 0 Å². The van der Waals surface area contributed by atoms with Gasteiger partial charge in [-0.2, -0.15) is 0 Å². The summed E-state index contributed by atoms with van der Waals surface area (Å²) in [5, 5.41) is 6.15. The molecule has 2 N–H and O–H groups in total. The second-order valence-electron chi connectivity index (χ2n) is 15.5. The maximum absolute atomic E-state index is 13.0. The molecule has 4 aliphatic rings. The number of nitrogens with zero attached hydrogens (tertiary/aromatic N) is 5. The molecule has 0 aliphatic carbocycles. The second-order valence-corrected chi connectivity index (χ2v) is 15.5. The lowest BCUT2D eigenvalue weighted by molar-refractivity contribution is 0.0147. The lowest BCUT2D eigenvalue weighted by Gasteiger charge is -2.35. The summed E-state index contributed by atoms with van der Waals surface area (Å²) in [6.45, 7) is 13.4. The molecular weight excluding hydrogens is 667 g/mol. The van der Waals surface area contributed by atoms with Crippen molar-refractivity contribution in [1.29, 1.82) is 0 Å². The first-order valence-corrected chi connectivity index (χ1v) is 19.1. The van der Waals surface area contributed by atoms with Crippen molar-refractivity contribution in [3.05, 3.63) is 94.0 Å². The van der Waals surface area contributed by atoms with Gasteiger partial charge >= 0.3 is 6.09 Å². The Morgan fingerprint density at radius 3 is 1.58 bits per heavy atom. The zero-order valence-corrected chi connectivity index (χ0v) is 31.2. The molecule has 11 nitrogen and oxygen atoms in total. The Morgan fingerprint density at radius 2 is 1.11 bits per heavy atom. The van der Waals surface area contributed by atoms with Gasteiger partial charge in [-0.25, -0.2) is 4.79 Å². The fourth-order valence-corrected chi connectivity index (χ4v) is 7.40. The van der Waals surface area contributed by atoms with Gasteiger partial charge in [-0.15, -0.1) is 0 Å². The highest BCUT2D eigenvalue weighted by Crippen LogP contribution is 2.32. The molecule has 2 saturated heterocycles. The summed E-state index contributed by atoms with van der Waals surface area (Å²) in [6.07, 6.45) is 4.88. The lowest BCUT2D eigenvalue weighted by Crippen LogP contribution is -2.51. The number of nitrogens with one attached hydrogen (secondary N) is 2. The zero-order chi connectivity index (χ0) is 37.0. The SMILES string of the molecule is CC(C)(C)OC(=O)N1CCN(CCNC(=O)c2ccc3c(c2)CC(c2ccc(C4=Nc5ccc(C(=O)NCCN6CCCCC6)cc5C4)cc2)=N3)CC1. The quantitative estimate of drug-likeness (QED) is 0.285. The second kappa shape index (κ2) is 16.0. The van der Waals surface area contributed by atoms with Gasteiger partial charge < -0.3 is 25.2 Å². The van der Waals surface area contributed by atoms with Crippen LogP contribution in [-0.4, -0.2) is 115 Å². The van der Waals surface area contributed by atoms with E-state index in [0.717, 1.165) is 84.3 Å². The predicted octanol–water partition coefficient (Wildman–Crippen LogP) is 5.54. The molecule has 0 spiro atoms. The van der Waals surface area contributed by atoms with Gasteiger partial charge in [0.2, 0.25) is 0 Å². The molecule has 11 heteroatoms. The first-order valence-electron chi connectivity index (χ1n) is 19.1. The number of rotatable bonds is 10. The van der Waals surface area contributed by atoms with Crippen LogP contribution in [0.1, 0.15) is 83.0 Å². The predicted molar refractivity (Wildman–Crippen MR) is 208 cm³/mol. The molecule has 0 atom stereocenters. The molecule has 3 aromatic rings. The molecule has 0 bridgehead atoms. The van der Waals surface area contributed by atoms with Gasteiger partial charge in [0.15, 0.2) is 0 Å². The minimum atomic E-state index is -0.504. The molecule has 2 fully saturated rings. The highest BCUT2D eigenvalue weighted by atomic mass is 16.6. The normalized spacial score (nSPS) is 17.5. The van der Waals surface area contributed by atoms with E-state index < -0.39 is 5.60 Å². The van der Waals surface area contributed by atoms with Crippen LogP contribution in [0.25, 0.3) is 0 Å². The monoisotopic (exact) mass is 717 g/mol. The Labute approximate surface area is 312 Å². The Hall–Kier alpha value is -4.87. The fourth-order valence-electron chi connectivity index (χ4n) is 7.40. The number of carbonyl (C=O) groups is 3. The van der Waals surface area contributed by atoms with Crippen molar-refractivity contribution >= 4 is 40.7 Å². The number of piperidine rings is 1. The highest BCUT2D eigenvalue weighted by Gasteiger charge is 2.26. The van der Waals surface area contributed by atoms with E-state index in [0.29, 0.717) is 50.1 Å². The van der Waals surface area contributed by atoms with Crippen LogP contribution in [0.4, 0.5) is 16.2 Å². The summed E-state index contributed by atoms with van der Waals surface area (Å²) in [4.78, 5) is 54.5. The highest BCUT2D eigenvalue weighted by molar-refractivity contribution is 6.10. The van der Waals surface area contributed by atoms with E-state index >= 15 is 0 Å². The molecule has 3 aromatic carbocycles. The van der Waals surface area contributed by atoms with Crippen molar-refractivity contribution in [1.82, 2.24) is 25.3 Å². The van der Waals surface area contributed by atoms with Crippen molar-refractivity contribution < 1.29 is 19.1 Å². The molecular formula is C42H51N7O4. The maximum atomic E-state index is 13.0. The molecule has 0 saturated carbocycles. The Balaban J connectivity index is 0.863. The van der Waals surface area contributed by atoms with Crippen LogP contribution in [0, 0.1) is 0 Å². The van der Waals surface area contributed by atoms with E-state index in [-0.39, 0.29) is 17.9 Å². The minimum Gasteiger partial charge on any atom is -0.444 e. The summed E-state index contributed by atoms with van der Waals surface area (Å²) < 4.78 is 5.49. The lowest BCUT2D eigenvalue weighted by atomic mass is 9.98. The number of benzene rings is 3. The Kier molecular flexibility index (Phi) is 11.0. The van der Waals surface area contributed by atoms with Gasteiger partial charge in [0.05, 0.1) is 22.8 Å². The zero-order valence-electron chi connectivity index (χ0n) is 31.2. The number of piperazine rings is 1. The number of aliphatic imine (C=N–C) groups is 2. The van der Waals surface area contributed by atoms with Crippen LogP contribution >= 0.6 is 0 Å². The van der Waals surface area contributed by atoms with E-state index in [1.165, 1.54) is 19.3 Å². The summed E-state index contributed by atoms with van der Waals surface area (Å²) in [6, 6.07) is 19.9. The molecule has 0 aromatic heterocycles. The van der Waals surface area contributed by atoms with E-state index in [1.807, 2.05) is 57.2 Å². The number of fused-ring (bicyclic) bond motifs is 2. The van der Waals surface area contributed by atoms with Gasteiger partial charge in [-0.05, 0) is 105 Å². The Morgan fingerprint density at radius 1 is 0.642 bits per heavy atom. The van der Waals surface area contributed by atoms with Gasteiger partial charge in [0.25, 0.3) is 11.8 Å². The molecule has 4 aliphatic heterocycles. The molecule has 7 rings (SSSR count). The largest absolute Gasteiger partial charge is 0.444 e. The van der Waals surface area contributed by atoms with Gasteiger partial charge in [-0.1, -0.05) is 30.7 Å². The Bertz CT molecular complexity index is 1900. The minimum absolute atomic E-state index is 0.0302. The summed E-state index contributed by atoms with van der Waals surface area (Å²) in [5.41, 5.74) is 8.79. The summed E-state index contributed by atoms with van der Waals surface area (Å²) in [7, 11) is 0. The topological polar surface area (TPSA) is 119 Å². The fraction of sp³-hybridized carbons (Fsp3) is 0.452. The molecule has 53 heavy (non-hydrogen) atoms. The smallest absolute Gasteiger partial charge is 0.410 e. The van der Waals surface area contributed by atoms with E-state index in [4.69, 9.17) is 14.7 Å². The van der Waals surface area contributed by atoms with E-state index in [9.17, 15) is 14.4 Å². The number of hydrogen-bond donors (Lipinski definition) is 2. The number of carbonyl (C=O) groups excluding carboxylic acids is 3. The average molecular weight is 718 g/mol. The first-order chi connectivity index (χ1) is 25.6. The molecule has 0 radical (unpaired) electrons. The van der Waals surface area contributed by atoms with Gasteiger partial charge in [0.1, 0.15) is 5.60 Å². The van der Waals surface area contributed by atoms with E-state index in [1.54, 1.807) is 4.90 Å². The van der Waals surface area contributed by atoms with Gasteiger partial charge in [-0.3, -0.25) is 24.5 Å². The number of ether oxygens (including phenoxy) is 1. The third-order valence-electron chi connectivity index (χ3n) is 10.4. The van der Waals surface area contributed by atoms with Crippen molar-refractivity contribution in [2.45, 2.75) is 58.5 Å². The average Bonchev–Trinajstić information content (AvgIpc) is 3.79. The van der Waals surface area contributed by atoms with Crippen LogP contribution in [0.3, 0.4) is 0 Å². The van der Waals surface area contributed by atoms with Crippen LogP contribution in [0.5, 0.6) is 0 Å². The summed E-state index contributed by atoms with van der Waals surface area (Å²) >= 11 is 0. The molecule has 0 unspecified atom stereocenters. The molecule has 278 valence electrons. The first kappa shape index (κ1) is 36.5. The van der Waals surface area contributed by atoms with Crippen molar-refractivity contribution in [2.24, 2.45) is 9.98 Å². The third kappa shape index (κ3) is 9.20. The van der Waals surface area contributed by atoms with Gasteiger partial charge in [0, 0.05) is 76.3 Å². The number of likely N-dealkylation sites (tertiary alicyclic amines) is 1. The van der Waals surface area contributed by atoms with Crippen LogP contribution < -0.4 is 10.6 Å². The third-order valence-corrected chi connectivity index (χ3v) is 10.4. The number of hydrogen-bond acceptors (Lipinski definition) is 8. The van der Waals surface area contributed by atoms with Crippen molar-refractivity contribution in [2.75, 3.05) is 65.4 Å². The van der Waals surface area contributed by atoms with E-state index in [2.05, 4.69) is 44.7 Å². The summed E-state index contributed by atoms with van der Waals surface area (Å²) in [5.74, 6) is -0.130. The molecule has 3 amide bonds. The van der Waals surface area contributed by atoms with Crippen molar-refractivity contribution in [3.8, 4) is 0 Å².